The fourth-order valence-electron chi connectivity index (χ4n) is 7.71. The zero-order chi connectivity index (χ0) is 39.8. The normalized spacial score (nSPS) is 20.1. The second kappa shape index (κ2) is 18.4. The number of fused-ring (bicyclic) bond motifs is 2. The van der Waals surface area contributed by atoms with Crippen LogP contribution < -0.4 is 14.8 Å². The van der Waals surface area contributed by atoms with Crippen LogP contribution in [0.2, 0.25) is 0 Å². The lowest BCUT2D eigenvalue weighted by molar-refractivity contribution is -0.0907. The van der Waals surface area contributed by atoms with Crippen LogP contribution in [0.25, 0.3) is 0 Å². The van der Waals surface area contributed by atoms with Gasteiger partial charge in [-0.2, -0.15) is 4.31 Å². The molecule has 3 aliphatic heterocycles. The monoisotopic (exact) mass is 799 g/mol. The molecule has 304 valence electrons. The molecule has 3 heterocycles. The minimum atomic E-state index is -4.20. The van der Waals surface area contributed by atoms with E-state index in [-0.39, 0.29) is 43.7 Å². The van der Waals surface area contributed by atoms with Crippen molar-refractivity contribution in [3.05, 3.63) is 126 Å². The summed E-state index contributed by atoms with van der Waals surface area (Å²) in [7, 11) is -4.20. The van der Waals surface area contributed by atoms with Crippen LogP contribution in [0.1, 0.15) is 43.4 Å². The molecule has 0 aliphatic carbocycles. The van der Waals surface area contributed by atoms with Gasteiger partial charge in [0.2, 0.25) is 16.8 Å². The van der Waals surface area contributed by atoms with E-state index in [0.29, 0.717) is 31.1 Å². The van der Waals surface area contributed by atoms with E-state index in [1.807, 2.05) is 80.6 Å². The Morgan fingerprint density at radius 3 is 2.18 bits per heavy atom. The van der Waals surface area contributed by atoms with Crippen molar-refractivity contribution in [3.63, 3.8) is 0 Å². The van der Waals surface area contributed by atoms with Crippen LogP contribution >= 0.6 is 0 Å². The summed E-state index contributed by atoms with van der Waals surface area (Å²) in [6.07, 6.45) is -1.29. The fraction of sp³-hybridized carbons (Fsp3) is 0.432. The first kappa shape index (κ1) is 40.7. The Morgan fingerprint density at radius 1 is 0.877 bits per heavy atom. The Bertz CT molecular complexity index is 1980. The van der Waals surface area contributed by atoms with Crippen LogP contribution in [0.15, 0.2) is 114 Å². The maximum Gasteiger partial charge on any atom is 0.407 e. The van der Waals surface area contributed by atoms with Crippen LogP contribution in [-0.2, 0) is 43.7 Å². The lowest BCUT2D eigenvalue weighted by Crippen LogP contribution is -2.52. The van der Waals surface area contributed by atoms with Crippen molar-refractivity contribution >= 4 is 16.1 Å². The number of hydrogen-bond acceptors (Lipinski definition) is 10. The highest BCUT2D eigenvalue weighted by atomic mass is 32.2. The first-order valence-electron chi connectivity index (χ1n) is 19.6. The summed E-state index contributed by atoms with van der Waals surface area (Å²) in [5.74, 6) is 0.742. The Hall–Kier alpha value is -4.50. The lowest BCUT2D eigenvalue weighted by Gasteiger charge is -2.36. The van der Waals surface area contributed by atoms with Gasteiger partial charge in [-0.15, -0.1) is 0 Å². The van der Waals surface area contributed by atoms with Crippen LogP contribution in [0.5, 0.6) is 11.5 Å². The molecule has 2 saturated heterocycles. The van der Waals surface area contributed by atoms with Gasteiger partial charge in [0.25, 0.3) is 0 Å². The fourth-order valence-corrected chi connectivity index (χ4v) is 9.37. The number of aliphatic hydroxyl groups is 1. The number of amides is 1. The summed E-state index contributed by atoms with van der Waals surface area (Å²) >= 11 is 0. The van der Waals surface area contributed by atoms with Crippen molar-refractivity contribution < 1.29 is 42.0 Å². The summed E-state index contributed by atoms with van der Waals surface area (Å²) in [4.78, 5) is 15.8. The molecular weight excluding hydrogens is 747 g/mol. The average molecular weight is 800 g/mol. The van der Waals surface area contributed by atoms with Crippen molar-refractivity contribution in [2.75, 3.05) is 39.6 Å². The van der Waals surface area contributed by atoms with Crippen LogP contribution in [0.3, 0.4) is 0 Å². The molecule has 0 unspecified atom stereocenters. The standard InChI is InChI=1S/C44H53N3O9S/c1-44(2,21-22-46(26-33-14-8-4-9-15-33)27-34-16-10-5-11-17-34)30-47(57(50,51)35-18-19-39-40(25-35)55-31-54-39)28-38(48)37(24-32-12-6-3-7-13-32)45-43(49)56-41-29-53-42-36(41)20-23-52-42/h3-19,25,36-38,41-42,48H,20-24,26-31H2,1-2H3,(H,45,49)/t36-,37-,38+,41-,42+/m0/s1. The molecule has 13 heteroatoms. The molecule has 2 N–H and O–H groups in total. The Kier molecular flexibility index (Phi) is 13.1. The van der Waals surface area contributed by atoms with E-state index in [2.05, 4.69) is 34.5 Å². The average Bonchev–Trinajstić information content (AvgIpc) is 3.97. The molecule has 0 bridgehead atoms. The minimum absolute atomic E-state index is 0.00109. The van der Waals surface area contributed by atoms with Gasteiger partial charge < -0.3 is 34.1 Å². The van der Waals surface area contributed by atoms with E-state index < -0.39 is 46.1 Å². The molecule has 4 aromatic rings. The van der Waals surface area contributed by atoms with Gasteiger partial charge >= 0.3 is 6.09 Å². The summed E-state index contributed by atoms with van der Waals surface area (Å²) in [5.41, 5.74) is 2.69. The molecule has 3 aliphatic rings. The number of nitrogens with zero attached hydrogens (tertiary/aromatic N) is 2. The van der Waals surface area contributed by atoms with E-state index in [0.717, 1.165) is 25.1 Å². The van der Waals surface area contributed by atoms with Gasteiger partial charge in [-0.25, -0.2) is 13.2 Å². The zero-order valence-electron chi connectivity index (χ0n) is 32.6. The van der Waals surface area contributed by atoms with Crippen molar-refractivity contribution in [2.45, 2.75) is 75.6 Å². The number of aliphatic hydroxyl groups excluding tert-OH is 1. The highest BCUT2D eigenvalue weighted by Gasteiger charge is 2.44. The van der Waals surface area contributed by atoms with E-state index >= 15 is 0 Å². The minimum Gasteiger partial charge on any atom is -0.454 e. The van der Waals surface area contributed by atoms with Crippen molar-refractivity contribution in [1.29, 1.82) is 0 Å². The van der Waals surface area contributed by atoms with E-state index in [4.69, 9.17) is 23.7 Å². The van der Waals surface area contributed by atoms with Crippen molar-refractivity contribution in [1.82, 2.24) is 14.5 Å². The number of benzene rings is 4. The van der Waals surface area contributed by atoms with Crippen molar-refractivity contribution in [3.8, 4) is 11.5 Å². The number of rotatable bonds is 18. The topological polar surface area (TPSA) is 136 Å². The highest BCUT2D eigenvalue weighted by molar-refractivity contribution is 7.89. The van der Waals surface area contributed by atoms with Gasteiger partial charge in [-0.3, -0.25) is 4.90 Å². The van der Waals surface area contributed by atoms with Gasteiger partial charge in [0.1, 0.15) is 6.10 Å². The number of carbonyl (C=O) groups is 1. The van der Waals surface area contributed by atoms with E-state index in [1.165, 1.54) is 27.6 Å². The van der Waals surface area contributed by atoms with Gasteiger partial charge in [0.05, 0.1) is 36.2 Å². The summed E-state index contributed by atoms with van der Waals surface area (Å²) in [6, 6.07) is 33.7. The molecular formula is C44H53N3O9S. The Balaban J connectivity index is 1.12. The SMILES string of the molecule is CC(C)(CCN(Cc1ccccc1)Cc1ccccc1)CN(C[C@@H](O)[C@H](Cc1ccccc1)NC(=O)O[C@H]1CO[C@H]2OCC[C@H]21)S(=O)(=O)c1ccc2c(c1)OCO2. The first-order valence-corrected chi connectivity index (χ1v) is 21.1. The number of hydrogen-bond donors (Lipinski definition) is 2. The molecule has 0 saturated carbocycles. The summed E-state index contributed by atoms with van der Waals surface area (Å²) < 4.78 is 58.8. The maximum atomic E-state index is 14.7. The lowest BCUT2D eigenvalue weighted by atomic mass is 9.88. The molecule has 0 spiro atoms. The number of sulfonamides is 1. The zero-order valence-corrected chi connectivity index (χ0v) is 33.4. The molecule has 7 rings (SSSR count). The second-order valence-electron chi connectivity index (χ2n) is 15.9. The number of alkyl carbamates (subject to hydrolysis) is 1. The molecule has 57 heavy (non-hydrogen) atoms. The summed E-state index contributed by atoms with van der Waals surface area (Å²) in [5, 5.41) is 14.9. The molecule has 5 atom stereocenters. The second-order valence-corrected chi connectivity index (χ2v) is 17.8. The number of ether oxygens (including phenoxy) is 5. The van der Waals surface area contributed by atoms with Gasteiger partial charge in [0, 0.05) is 32.2 Å². The molecule has 0 aromatic heterocycles. The molecule has 12 nitrogen and oxygen atoms in total. The summed E-state index contributed by atoms with van der Waals surface area (Å²) in [6.45, 7) is 6.81. The predicted octanol–water partition coefficient (Wildman–Crippen LogP) is 5.98. The highest BCUT2D eigenvalue weighted by Crippen LogP contribution is 2.36. The number of carbonyl (C=O) groups excluding carboxylic acids is 1. The van der Waals surface area contributed by atoms with Gasteiger partial charge in [-0.05, 0) is 60.0 Å². The molecule has 0 radical (unpaired) electrons. The third-order valence-corrected chi connectivity index (χ3v) is 12.7. The molecule has 2 fully saturated rings. The molecule has 1 amide bonds. The maximum absolute atomic E-state index is 14.7. The van der Waals surface area contributed by atoms with Gasteiger partial charge in [-0.1, -0.05) is 105 Å². The van der Waals surface area contributed by atoms with Gasteiger partial charge in [0.15, 0.2) is 17.8 Å². The third-order valence-electron chi connectivity index (χ3n) is 10.9. The van der Waals surface area contributed by atoms with Crippen LogP contribution in [0.4, 0.5) is 4.79 Å². The molecule has 4 aromatic carbocycles. The third kappa shape index (κ3) is 10.7. The smallest absolute Gasteiger partial charge is 0.407 e. The Morgan fingerprint density at radius 2 is 1.51 bits per heavy atom. The number of nitrogens with one attached hydrogen (secondary N) is 1. The Labute approximate surface area is 335 Å². The predicted molar refractivity (Wildman–Crippen MR) is 214 cm³/mol. The van der Waals surface area contributed by atoms with E-state index in [1.54, 1.807) is 6.07 Å². The van der Waals surface area contributed by atoms with Crippen LogP contribution in [0, 0.1) is 11.3 Å². The first-order chi connectivity index (χ1) is 27.5. The van der Waals surface area contributed by atoms with E-state index in [9.17, 15) is 18.3 Å². The largest absolute Gasteiger partial charge is 0.454 e. The van der Waals surface area contributed by atoms with Crippen LogP contribution in [-0.4, -0.2) is 93.0 Å². The quantitative estimate of drug-likeness (QED) is 0.124. The van der Waals surface area contributed by atoms with Crippen molar-refractivity contribution in [2.24, 2.45) is 11.3 Å².